The SMILES string of the molecule is NC(=S)c1cc(F)c(Oc2ccc(Cl)c(Cl)c2)c(F)c1. The van der Waals surface area contributed by atoms with Gasteiger partial charge in [0.15, 0.2) is 17.4 Å². The molecule has 0 aromatic heterocycles. The molecule has 0 saturated carbocycles. The molecule has 0 amide bonds. The Morgan fingerprint density at radius 3 is 2.15 bits per heavy atom. The van der Waals surface area contributed by atoms with Crippen molar-refractivity contribution in [1.29, 1.82) is 0 Å². The number of ether oxygens (including phenoxy) is 1. The predicted molar refractivity (Wildman–Crippen MR) is 78.8 cm³/mol. The van der Waals surface area contributed by atoms with Crippen molar-refractivity contribution in [2.24, 2.45) is 5.73 Å². The number of hydrogen-bond acceptors (Lipinski definition) is 2. The lowest BCUT2D eigenvalue weighted by Crippen LogP contribution is -2.10. The number of hydrogen-bond donors (Lipinski definition) is 1. The van der Waals surface area contributed by atoms with Crippen molar-refractivity contribution < 1.29 is 13.5 Å². The van der Waals surface area contributed by atoms with E-state index in [2.05, 4.69) is 12.2 Å². The first-order chi connectivity index (χ1) is 9.38. The predicted octanol–water partition coefficient (Wildman–Crippen LogP) is 4.70. The molecule has 2 aromatic carbocycles. The Balaban J connectivity index is 2.38. The van der Waals surface area contributed by atoms with Crippen molar-refractivity contribution in [3.05, 3.63) is 57.6 Å². The lowest BCUT2D eigenvalue weighted by Gasteiger charge is -2.10. The van der Waals surface area contributed by atoms with Crippen LogP contribution in [0.2, 0.25) is 10.0 Å². The second-order valence-electron chi connectivity index (χ2n) is 3.81. The van der Waals surface area contributed by atoms with Crippen LogP contribution in [0, 0.1) is 11.6 Å². The molecule has 0 spiro atoms. The van der Waals surface area contributed by atoms with Gasteiger partial charge in [0.05, 0.1) is 10.0 Å². The van der Waals surface area contributed by atoms with Crippen LogP contribution in [0.5, 0.6) is 11.5 Å². The van der Waals surface area contributed by atoms with Crippen molar-refractivity contribution in [1.82, 2.24) is 0 Å². The Hall–Kier alpha value is -1.43. The minimum Gasteiger partial charge on any atom is -0.451 e. The third-order valence-corrected chi connectivity index (χ3v) is 3.37. The highest BCUT2D eigenvalue weighted by Gasteiger charge is 2.15. The summed E-state index contributed by atoms with van der Waals surface area (Å²) < 4.78 is 32.7. The number of thiocarbonyl (C=S) groups is 1. The van der Waals surface area contributed by atoms with E-state index in [0.29, 0.717) is 5.02 Å². The van der Waals surface area contributed by atoms with Crippen LogP contribution in [0.4, 0.5) is 8.78 Å². The maximum atomic E-state index is 13.8. The molecule has 7 heteroatoms. The molecule has 2 aromatic rings. The van der Waals surface area contributed by atoms with Crippen molar-refractivity contribution in [2.75, 3.05) is 0 Å². The molecule has 20 heavy (non-hydrogen) atoms. The summed E-state index contributed by atoms with van der Waals surface area (Å²) in [5, 5.41) is 0.522. The summed E-state index contributed by atoms with van der Waals surface area (Å²) in [7, 11) is 0. The molecule has 0 bridgehead atoms. The Morgan fingerprint density at radius 2 is 1.65 bits per heavy atom. The number of rotatable bonds is 3. The van der Waals surface area contributed by atoms with Crippen LogP contribution in [-0.4, -0.2) is 4.99 Å². The first kappa shape index (κ1) is 15.0. The van der Waals surface area contributed by atoms with Crippen LogP contribution in [0.15, 0.2) is 30.3 Å². The highest BCUT2D eigenvalue weighted by atomic mass is 35.5. The van der Waals surface area contributed by atoms with Crippen LogP contribution >= 0.6 is 35.4 Å². The average molecular weight is 334 g/mol. The quantitative estimate of drug-likeness (QED) is 0.827. The molecule has 0 aliphatic rings. The Bertz CT molecular complexity index is 671. The standard InChI is InChI=1S/C13H7Cl2F2NOS/c14-8-2-1-7(5-9(8)15)19-12-10(16)3-6(13(18)20)4-11(12)17/h1-5H,(H2,18,20). The summed E-state index contributed by atoms with van der Waals surface area (Å²) in [6, 6.07) is 6.24. The van der Waals surface area contributed by atoms with E-state index in [-0.39, 0.29) is 21.3 Å². The van der Waals surface area contributed by atoms with E-state index in [1.807, 2.05) is 0 Å². The highest BCUT2D eigenvalue weighted by Crippen LogP contribution is 2.32. The monoisotopic (exact) mass is 333 g/mol. The van der Waals surface area contributed by atoms with Gasteiger partial charge in [-0.1, -0.05) is 35.4 Å². The number of halogens is 4. The lowest BCUT2D eigenvalue weighted by atomic mass is 10.2. The van der Waals surface area contributed by atoms with Gasteiger partial charge in [-0.25, -0.2) is 8.78 Å². The van der Waals surface area contributed by atoms with Gasteiger partial charge >= 0.3 is 0 Å². The summed E-state index contributed by atoms with van der Waals surface area (Å²) in [5.41, 5.74) is 5.40. The van der Waals surface area contributed by atoms with Gasteiger partial charge in [0.1, 0.15) is 10.7 Å². The molecule has 0 radical (unpaired) electrons. The molecule has 104 valence electrons. The summed E-state index contributed by atoms with van der Waals surface area (Å²) >= 11 is 16.2. The highest BCUT2D eigenvalue weighted by molar-refractivity contribution is 7.80. The molecule has 0 aliphatic heterocycles. The van der Waals surface area contributed by atoms with E-state index in [1.54, 1.807) is 0 Å². The zero-order valence-electron chi connectivity index (χ0n) is 9.79. The summed E-state index contributed by atoms with van der Waals surface area (Å²) in [4.78, 5) is -0.108. The van der Waals surface area contributed by atoms with Gasteiger partial charge < -0.3 is 10.5 Å². The van der Waals surface area contributed by atoms with Crippen molar-refractivity contribution in [3.63, 3.8) is 0 Å². The molecule has 2 nitrogen and oxygen atoms in total. The fraction of sp³-hybridized carbons (Fsp3) is 0. The summed E-state index contributed by atoms with van der Waals surface area (Å²) in [5.74, 6) is -2.25. The number of nitrogens with two attached hydrogens (primary N) is 1. The van der Waals surface area contributed by atoms with E-state index in [0.717, 1.165) is 12.1 Å². The molecular weight excluding hydrogens is 327 g/mol. The van der Waals surface area contributed by atoms with Gasteiger partial charge in [-0.05, 0) is 24.3 Å². The van der Waals surface area contributed by atoms with Crippen LogP contribution in [0.25, 0.3) is 0 Å². The molecular formula is C13H7Cl2F2NOS. The van der Waals surface area contributed by atoms with Crippen LogP contribution < -0.4 is 10.5 Å². The first-order valence-corrected chi connectivity index (χ1v) is 6.46. The molecule has 0 unspecified atom stereocenters. The van der Waals surface area contributed by atoms with Gasteiger partial charge in [0.25, 0.3) is 0 Å². The van der Waals surface area contributed by atoms with Gasteiger partial charge in [-0.3, -0.25) is 0 Å². The van der Waals surface area contributed by atoms with E-state index >= 15 is 0 Å². The van der Waals surface area contributed by atoms with E-state index < -0.39 is 17.4 Å². The Labute approximate surface area is 129 Å². The summed E-state index contributed by atoms with van der Waals surface area (Å²) in [6.45, 7) is 0. The zero-order valence-corrected chi connectivity index (χ0v) is 12.1. The smallest absolute Gasteiger partial charge is 0.198 e. The van der Waals surface area contributed by atoms with Crippen molar-refractivity contribution >= 4 is 40.4 Å². The maximum Gasteiger partial charge on any atom is 0.198 e. The number of benzene rings is 2. The van der Waals surface area contributed by atoms with Gasteiger partial charge in [-0.15, -0.1) is 0 Å². The molecule has 0 saturated heterocycles. The molecule has 2 N–H and O–H groups in total. The second kappa shape index (κ2) is 5.91. The zero-order chi connectivity index (χ0) is 14.9. The van der Waals surface area contributed by atoms with E-state index in [4.69, 9.17) is 33.7 Å². The van der Waals surface area contributed by atoms with Gasteiger partial charge in [0.2, 0.25) is 0 Å². The van der Waals surface area contributed by atoms with Crippen molar-refractivity contribution in [2.45, 2.75) is 0 Å². The topological polar surface area (TPSA) is 35.2 Å². The van der Waals surface area contributed by atoms with Crippen molar-refractivity contribution in [3.8, 4) is 11.5 Å². The molecule has 2 rings (SSSR count). The minimum absolute atomic E-state index is 0.0801. The van der Waals surface area contributed by atoms with Crippen LogP contribution in [0.3, 0.4) is 0 Å². The molecule has 0 heterocycles. The largest absolute Gasteiger partial charge is 0.451 e. The molecule has 0 atom stereocenters. The third-order valence-electron chi connectivity index (χ3n) is 2.39. The lowest BCUT2D eigenvalue weighted by molar-refractivity contribution is 0.407. The first-order valence-electron chi connectivity index (χ1n) is 5.30. The van der Waals surface area contributed by atoms with Crippen LogP contribution in [0.1, 0.15) is 5.56 Å². The second-order valence-corrected chi connectivity index (χ2v) is 5.07. The van der Waals surface area contributed by atoms with Gasteiger partial charge in [-0.2, -0.15) is 0 Å². The fourth-order valence-corrected chi connectivity index (χ4v) is 1.86. The summed E-state index contributed by atoms with van der Waals surface area (Å²) in [6.07, 6.45) is 0. The normalized spacial score (nSPS) is 10.4. The molecule has 0 aliphatic carbocycles. The van der Waals surface area contributed by atoms with Gasteiger partial charge in [0, 0.05) is 11.6 Å². The average Bonchev–Trinajstić information content (AvgIpc) is 2.37. The van der Waals surface area contributed by atoms with E-state index in [9.17, 15) is 8.78 Å². The maximum absolute atomic E-state index is 13.8. The van der Waals surface area contributed by atoms with E-state index in [1.165, 1.54) is 18.2 Å². The Morgan fingerprint density at radius 1 is 1.05 bits per heavy atom. The fourth-order valence-electron chi connectivity index (χ4n) is 1.46. The molecule has 0 fully saturated rings. The third kappa shape index (κ3) is 3.17. The minimum atomic E-state index is -0.918. The van der Waals surface area contributed by atoms with Crippen LogP contribution in [-0.2, 0) is 0 Å². The Kier molecular flexibility index (Phi) is 4.42.